The van der Waals surface area contributed by atoms with Crippen LogP contribution in [0.1, 0.15) is 15.9 Å². The minimum absolute atomic E-state index is 0.185. The van der Waals surface area contributed by atoms with Gasteiger partial charge in [0.15, 0.2) is 0 Å². The number of carbonyl (C=O) groups is 1. The maximum atomic E-state index is 12.3. The molecule has 25 heavy (non-hydrogen) atoms. The molecule has 3 rings (SSSR count). The van der Waals surface area contributed by atoms with Crippen molar-refractivity contribution < 1.29 is 9.53 Å². The van der Waals surface area contributed by atoms with Crippen molar-refractivity contribution in [2.24, 2.45) is 0 Å². The molecule has 0 aliphatic rings. The van der Waals surface area contributed by atoms with Crippen molar-refractivity contribution in [3.8, 4) is 5.75 Å². The number of ether oxygens (including phenoxy) is 1. The molecular formula is C19H18N4O2. The number of aromatic nitrogens is 2. The van der Waals surface area contributed by atoms with E-state index in [0.717, 1.165) is 22.7 Å². The van der Waals surface area contributed by atoms with Crippen LogP contribution >= 0.6 is 0 Å². The van der Waals surface area contributed by atoms with Gasteiger partial charge in [0.2, 0.25) is 0 Å². The molecule has 0 saturated heterocycles. The Morgan fingerprint density at radius 1 is 1.04 bits per heavy atom. The molecule has 1 aromatic carbocycles. The first-order chi connectivity index (χ1) is 12.2. The lowest BCUT2D eigenvalue weighted by atomic mass is 10.2. The van der Waals surface area contributed by atoms with Crippen molar-refractivity contribution >= 4 is 17.3 Å². The Balaban J connectivity index is 1.64. The van der Waals surface area contributed by atoms with Crippen LogP contribution in [0.4, 0.5) is 11.4 Å². The lowest BCUT2D eigenvalue weighted by molar-refractivity contribution is 0.0950. The van der Waals surface area contributed by atoms with Crippen LogP contribution in [-0.4, -0.2) is 23.0 Å². The summed E-state index contributed by atoms with van der Waals surface area (Å²) in [6.45, 7) is 0.419. The van der Waals surface area contributed by atoms with Crippen molar-refractivity contribution in [2.75, 3.05) is 12.4 Å². The average Bonchev–Trinajstić information content (AvgIpc) is 2.68. The van der Waals surface area contributed by atoms with Crippen LogP contribution in [0, 0.1) is 0 Å². The maximum absolute atomic E-state index is 12.3. The monoisotopic (exact) mass is 334 g/mol. The molecule has 0 saturated carbocycles. The molecule has 2 N–H and O–H groups in total. The minimum Gasteiger partial charge on any atom is -0.497 e. The zero-order valence-corrected chi connectivity index (χ0v) is 13.8. The summed E-state index contributed by atoms with van der Waals surface area (Å²) in [6, 6.07) is 13.0. The first-order valence-corrected chi connectivity index (χ1v) is 7.78. The highest BCUT2D eigenvalue weighted by atomic mass is 16.5. The summed E-state index contributed by atoms with van der Waals surface area (Å²) < 4.78 is 5.14. The third-order valence-corrected chi connectivity index (χ3v) is 3.55. The smallest absolute Gasteiger partial charge is 0.253 e. The van der Waals surface area contributed by atoms with E-state index in [1.165, 1.54) is 6.20 Å². The predicted octanol–water partition coefficient (Wildman–Crippen LogP) is 3.16. The summed E-state index contributed by atoms with van der Waals surface area (Å²) >= 11 is 0. The van der Waals surface area contributed by atoms with Gasteiger partial charge in [-0.05, 0) is 42.0 Å². The highest BCUT2D eigenvalue weighted by molar-refractivity contribution is 5.94. The summed E-state index contributed by atoms with van der Waals surface area (Å²) in [5.74, 6) is 0.599. The summed E-state index contributed by atoms with van der Waals surface area (Å²) in [5.41, 5.74) is 3.05. The molecule has 6 heteroatoms. The van der Waals surface area contributed by atoms with Gasteiger partial charge in [-0.25, -0.2) is 0 Å². The third kappa shape index (κ3) is 4.54. The van der Waals surface area contributed by atoms with Gasteiger partial charge in [-0.2, -0.15) is 0 Å². The molecular weight excluding hydrogens is 316 g/mol. The van der Waals surface area contributed by atoms with Crippen LogP contribution < -0.4 is 15.4 Å². The van der Waals surface area contributed by atoms with E-state index < -0.39 is 0 Å². The van der Waals surface area contributed by atoms with Crippen LogP contribution in [0.2, 0.25) is 0 Å². The van der Waals surface area contributed by atoms with E-state index in [1.54, 1.807) is 31.8 Å². The van der Waals surface area contributed by atoms with E-state index in [1.807, 2.05) is 36.4 Å². The van der Waals surface area contributed by atoms with E-state index >= 15 is 0 Å². The Bertz CT molecular complexity index is 836. The SMILES string of the molecule is COc1ccc(Nc2cncc(C(=O)NCc3cccnc3)c2)cc1. The van der Waals surface area contributed by atoms with E-state index in [4.69, 9.17) is 4.74 Å². The number of benzene rings is 1. The van der Waals surface area contributed by atoms with Crippen molar-refractivity contribution in [3.63, 3.8) is 0 Å². The second kappa shape index (κ2) is 7.92. The molecule has 0 radical (unpaired) electrons. The van der Waals surface area contributed by atoms with Crippen molar-refractivity contribution in [3.05, 3.63) is 78.4 Å². The van der Waals surface area contributed by atoms with Gasteiger partial charge in [-0.1, -0.05) is 6.07 Å². The van der Waals surface area contributed by atoms with Gasteiger partial charge in [0.1, 0.15) is 5.75 Å². The van der Waals surface area contributed by atoms with Crippen LogP contribution in [0.5, 0.6) is 5.75 Å². The quantitative estimate of drug-likeness (QED) is 0.724. The van der Waals surface area contributed by atoms with Gasteiger partial charge in [0.25, 0.3) is 5.91 Å². The van der Waals surface area contributed by atoms with E-state index in [-0.39, 0.29) is 5.91 Å². The minimum atomic E-state index is -0.185. The van der Waals surface area contributed by atoms with Crippen LogP contribution in [-0.2, 0) is 6.54 Å². The van der Waals surface area contributed by atoms with Crippen molar-refractivity contribution in [2.45, 2.75) is 6.54 Å². The Morgan fingerprint density at radius 2 is 1.88 bits per heavy atom. The number of rotatable bonds is 6. The fraction of sp³-hybridized carbons (Fsp3) is 0.105. The number of methoxy groups -OCH3 is 1. The van der Waals surface area contributed by atoms with Crippen LogP contribution in [0.3, 0.4) is 0 Å². The Labute approximate surface area is 145 Å². The highest BCUT2D eigenvalue weighted by Gasteiger charge is 2.07. The standard InChI is InChI=1S/C19H18N4O2/c1-25-18-6-4-16(5-7-18)23-17-9-15(12-21-13-17)19(24)22-11-14-3-2-8-20-10-14/h2-10,12-13,23H,11H2,1H3,(H,22,24). The molecule has 0 atom stereocenters. The first-order valence-electron chi connectivity index (χ1n) is 7.78. The van der Waals surface area contributed by atoms with Gasteiger partial charge in [0, 0.05) is 30.8 Å². The fourth-order valence-corrected chi connectivity index (χ4v) is 2.26. The second-order valence-electron chi connectivity index (χ2n) is 5.36. The van der Waals surface area contributed by atoms with Gasteiger partial charge in [-0.15, -0.1) is 0 Å². The molecule has 0 aliphatic carbocycles. The molecule has 0 fully saturated rings. The summed E-state index contributed by atoms with van der Waals surface area (Å²) in [5, 5.41) is 6.07. The number of nitrogens with one attached hydrogen (secondary N) is 2. The average molecular weight is 334 g/mol. The lowest BCUT2D eigenvalue weighted by Gasteiger charge is -2.09. The largest absolute Gasteiger partial charge is 0.497 e. The van der Waals surface area contributed by atoms with Crippen LogP contribution in [0.15, 0.2) is 67.3 Å². The number of hydrogen-bond acceptors (Lipinski definition) is 5. The summed E-state index contributed by atoms with van der Waals surface area (Å²) in [7, 11) is 1.62. The van der Waals surface area contributed by atoms with Crippen LogP contribution in [0.25, 0.3) is 0 Å². The van der Waals surface area contributed by atoms with Gasteiger partial charge in [0.05, 0.1) is 24.6 Å². The number of nitrogens with zero attached hydrogens (tertiary/aromatic N) is 2. The van der Waals surface area contributed by atoms with Gasteiger partial charge in [-0.3, -0.25) is 14.8 Å². The van der Waals surface area contributed by atoms with E-state index in [2.05, 4.69) is 20.6 Å². The fourth-order valence-electron chi connectivity index (χ4n) is 2.26. The third-order valence-electron chi connectivity index (χ3n) is 3.55. The molecule has 1 amide bonds. The summed E-state index contributed by atoms with van der Waals surface area (Å²) in [6.07, 6.45) is 6.63. The normalized spacial score (nSPS) is 10.1. The molecule has 0 unspecified atom stereocenters. The Hall–Kier alpha value is -3.41. The Kier molecular flexibility index (Phi) is 5.21. The summed E-state index contributed by atoms with van der Waals surface area (Å²) in [4.78, 5) is 20.4. The molecule has 2 aromatic heterocycles. The van der Waals surface area contributed by atoms with E-state index in [9.17, 15) is 4.79 Å². The zero-order chi connectivity index (χ0) is 17.5. The number of carbonyl (C=O) groups excluding carboxylic acids is 1. The number of pyridine rings is 2. The van der Waals surface area contributed by atoms with Gasteiger partial charge >= 0.3 is 0 Å². The zero-order valence-electron chi connectivity index (χ0n) is 13.8. The molecule has 126 valence electrons. The Morgan fingerprint density at radius 3 is 2.60 bits per heavy atom. The lowest BCUT2D eigenvalue weighted by Crippen LogP contribution is -2.23. The second-order valence-corrected chi connectivity index (χ2v) is 5.36. The molecule has 3 aromatic rings. The molecule has 0 aliphatic heterocycles. The molecule has 6 nitrogen and oxygen atoms in total. The maximum Gasteiger partial charge on any atom is 0.253 e. The van der Waals surface area contributed by atoms with E-state index in [0.29, 0.717) is 12.1 Å². The predicted molar refractivity (Wildman–Crippen MR) is 95.9 cm³/mol. The number of hydrogen-bond donors (Lipinski definition) is 2. The van der Waals surface area contributed by atoms with Gasteiger partial charge < -0.3 is 15.4 Å². The highest BCUT2D eigenvalue weighted by Crippen LogP contribution is 2.20. The molecule has 0 spiro atoms. The molecule has 2 heterocycles. The van der Waals surface area contributed by atoms with Crippen molar-refractivity contribution in [1.29, 1.82) is 0 Å². The molecule has 0 bridgehead atoms. The topological polar surface area (TPSA) is 76.1 Å². The number of anilines is 2. The van der Waals surface area contributed by atoms with Crippen molar-refractivity contribution in [1.82, 2.24) is 15.3 Å². The first kappa shape index (κ1) is 16.4. The number of amides is 1.